The summed E-state index contributed by atoms with van der Waals surface area (Å²) in [5, 5.41) is 4.05. The van der Waals surface area contributed by atoms with Crippen molar-refractivity contribution in [1.82, 2.24) is 10.3 Å². The lowest BCUT2D eigenvalue weighted by Gasteiger charge is -2.19. The van der Waals surface area contributed by atoms with Gasteiger partial charge in [-0.3, -0.25) is 9.78 Å². The summed E-state index contributed by atoms with van der Waals surface area (Å²) < 4.78 is 5.58. The molecule has 1 N–H and O–H groups in total. The van der Waals surface area contributed by atoms with Gasteiger partial charge in [0.1, 0.15) is 11.3 Å². The summed E-state index contributed by atoms with van der Waals surface area (Å²) in [6, 6.07) is 20.9. The minimum Gasteiger partial charge on any atom is -0.461 e. The third kappa shape index (κ3) is 3.22. The van der Waals surface area contributed by atoms with Crippen LogP contribution in [0.1, 0.15) is 33.3 Å². The molecule has 1 atom stereocenters. The van der Waals surface area contributed by atoms with E-state index in [1.807, 2.05) is 67.6 Å². The maximum atomic E-state index is 12.9. The van der Waals surface area contributed by atoms with E-state index >= 15 is 0 Å². The second-order valence-corrected chi connectivity index (χ2v) is 6.21. The number of benzene rings is 2. The maximum absolute atomic E-state index is 12.9. The molecule has 0 aliphatic rings. The van der Waals surface area contributed by atoms with Crippen LogP contribution in [-0.4, -0.2) is 10.9 Å². The molecule has 4 aromatic rings. The quantitative estimate of drug-likeness (QED) is 0.587. The van der Waals surface area contributed by atoms with E-state index in [0.717, 1.165) is 27.9 Å². The molecule has 26 heavy (non-hydrogen) atoms. The Hall–Kier alpha value is -3.40. The topological polar surface area (TPSA) is 55.1 Å². The fraction of sp³-hybridized carbons (Fsp3) is 0.0909. The summed E-state index contributed by atoms with van der Waals surface area (Å²) in [7, 11) is 0. The van der Waals surface area contributed by atoms with Crippen molar-refractivity contribution in [1.29, 1.82) is 0 Å². The third-order valence-electron chi connectivity index (χ3n) is 4.33. The number of nitrogens with one attached hydrogen (secondary N) is 1. The highest BCUT2D eigenvalue weighted by Crippen LogP contribution is 2.23. The number of hydrogen-bond acceptors (Lipinski definition) is 3. The molecule has 0 spiro atoms. The predicted octanol–water partition coefficient (Wildman–Crippen LogP) is 4.66. The van der Waals surface area contributed by atoms with Crippen molar-refractivity contribution < 1.29 is 9.21 Å². The summed E-state index contributed by atoms with van der Waals surface area (Å²) in [6.45, 7) is 1.90. The van der Waals surface area contributed by atoms with E-state index in [1.54, 1.807) is 18.5 Å². The first-order valence-electron chi connectivity index (χ1n) is 8.46. The molecule has 0 unspecified atom stereocenters. The van der Waals surface area contributed by atoms with Crippen LogP contribution in [0.25, 0.3) is 11.0 Å². The first-order chi connectivity index (χ1) is 12.7. The number of hydrogen-bond donors (Lipinski definition) is 1. The molecule has 128 valence electrons. The fourth-order valence-corrected chi connectivity index (χ4v) is 3.08. The molecule has 4 rings (SSSR count). The molecule has 4 nitrogen and oxygen atoms in total. The van der Waals surface area contributed by atoms with Crippen LogP contribution < -0.4 is 5.32 Å². The van der Waals surface area contributed by atoms with E-state index in [9.17, 15) is 4.79 Å². The number of carbonyl (C=O) groups excluding carboxylic acids is 1. The first-order valence-corrected chi connectivity index (χ1v) is 8.46. The molecule has 2 heterocycles. The lowest BCUT2D eigenvalue weighted by atomic mass is 9.99. The van der Waals surface area contributed by atoms with Crippen LogP contribution in [0.2, 0.25) is 0 Å². The van der Waals surface area contributed by atoms with Crippen molar-refractivity contribution in [2.45, 2.75) is 13.0 Å². The molecule has 0 radical (unpaired) electrons. The van der Waals surface area contributed by atoms with Crippen LogP contribution in [0.5, 0.6) is 0 Å². The Labute approximate surface area is 151 Å². The number of aromatic nitrogens is 1. The Morgan fingerprint density at radius 3 is 2.58 bits per heavy atom. The molecular weight excluding hydrogens is 324 g/mol. The van der Waals surface area contributed by atoms with Gasteiger partial charge in [-0.25, -0.2) is 0 Å². The molecule has 0 fully saturated rings. The first kappa shape index (κ1) is 16.1. The van der Waals surface area contributed by atoms with Crippen molar-refractivity contribution >= 4 is 16.9 Å². The zero-order valence-corrected chi connectivity index (χ0v) is 14.3. The average molecular weight is 342 g/mol. The molecule has 0 bridgehead atoms. The van der Waals surface area contributed by atoms with Gasteiger partial charge in [-0.1, -0.05) is 36.4 Å². The van der Waals surface area contributed by atoms with Gasteiger partial charge in [0.25, 0.3) is 5.91 Å². The molecular formula is C22H18N2O2. The van der Waals surface area contributed by atoms with E-state index in [4.69, 9.17) is 4.42 Å². The largest absolute Gasteiger partial charge is 0.461 e. The normalized spacial score (nSPS) is 12.0. The number of furan rings is 1. The van der Waals surface area contributed by atoms with Crippen molar-refractivity contribution in [2.24, 2.45) is 0 Å². The fourth-order valence-electron chi connectivity index (χ4n) is 3.08. The average Bonchev–Trinajstić information content (AvgIpc) is 3.06. The summed E-state index contributed by atoms with van der Waals surface area (Å²) in [5.74, 6) is 0.693. The Kier molecular flexibility index (Phi) is 4.23. The Morgan fingerprint density at radius 2 is 1.81 bits per heavy atom. The van der Waals surface area contributed by atoms with Crippen LogP contribution in [0.4, 0.5) is 0 Å². The minimum atomic E-state index is -0.265. The number of pyridine rings is 1. The summed E-state index contributed by atoms with van der Waals surface area (Å²) in [5.41, 5.74) is 3.33. The van der Waals surface area contributed by atoms with Crippen molar-refractivity contribution in [3.8, 4) is 0 Å². The monoisotopic (exact) mass is 342 g/mol. The molecule has 2 aromatic heterocycles. The molecule has 2 aromatic carbocycles. The van der Waals surface area contributed by atoms with Crippen molar-refractivity contribution in [3.63, 3.8) is 0 Å². The van der Waals surface area contributed by atoms with Gasteiger partial charge in [0.05, 0.1) is 6.04 Å². The molecule has 4 heteroatoms. The van der Waals surface area contributed by atoms with E-state index in [2.05, 4.69) is 10.3 Å². The van der Waals surface area contributed by atoms with E-state index in [0.29, 0.717) is 5.56 Å². The molecule has 0 saturated carbocycles. The molecule has 0 aliphatic heterocycles. The van der Waals surface area contributed by atoms with Crippen LogP contribution >= 0.6 is 0 Å². The third-order valence-corrected chi connectivity index (χ3v) is 4.33. The van der Waals surface area contributed by atoms with Gasteiger partial charge in [-0.05, 0) is 48.4 Å². The number of carbonyl (C=O) groups is 1. The highest BCUT2D eigenvalue weighted by molar-refractivity contribution is 5.98. The van der Waals surface area contributed by atoms with Gasteiger partial charge < -0.3 is 9.73 Å². The summed E-state index contributed by atoms with van der Waals surface area (Å²) in [6.07, 6.45) is 3.50. The van der Waals surface area contributed by atoms with Crippen LogP contribution in [0, 0.1) is 6.92 Å². The summed E-state index contributed by atoms with van der Waals surface area (Å²) >= 11 is 0. The highest BCUT2D eigenvalue weighted by Gasteiger charge is 2.18. The SMILES string of the molecule is Cc1cc2cc(C(=O)N[C@@H](c3ccccc3)c3cccnc3)ccc2o1. The lowest BCUT2D eigenvalue weighted by Crippen LogP contribution is -2.29. The Morgan fingerprint density at radius 1 is 1.00 bits per heavy atom. The predicted molar refractivity (Wildman–Crippen MR) is 101 cm³/mol. The van der Waals surface area contributed by atoms with Gasteiger partial charge in [0.2, 0.25) is 0 Å². The minimum absolute atomic E-state index is 0.136. The lowest BCUT2D eigenvalue weighted by molar-refractivity contribution is 0.0943. The molecule has 1 amide bonds. The Bertz CT molecular complexity index is 1000. The van der Waals surface area contributed by atoms with Crippen LogP contribution in [-0.2, 0) is 0 Å². The number of nitrogens with zero attached hydrogens (tertiary/aromatic N) is 1. The van der Waals surface area contributed by atoms with E-state index in [1.165, 1.54) is 0 Å². The zero-order valence-electron chi connectivity index (χ0n) is 14.3. The van der Waals surface area contributed by atoms with Gasteiger partial charge in [-0.2, -0.15) is 0 Å². The smallest absolute Gasteiger partial charge is 0.252 e. The van der Waals surface area contributed by atoms with Gasteiger partial charge in [0.15, 0.2) is 0 Å². The van der Waals surface area contributed by atoms with Gasteiger partial charge in [-0.15, -0.1) is 0 Å². The number of amides is 1. The van der Waals surface area contributed by atoms with Gasteiger partial charge >= 0.3 is 0 Å². The highest BCUT2D eigenvalue weighted by atomic mass is 16.3. The van der Waals surface area contributed by atoms with Crippen LogP contribution in [0.3, 0.4) is 0 Å². The summed E-state index contributed by atoms with van der Waals surface area (Å²) in [4.78, 5) is 17.1. The second kappa shape index (κ2) is 6.84. The molecule has 0 aliphatic carbocycles. The standard InChI is InChI=1S/C22H18N2O2/c1-15-12-19-13-17(9-10-20(19)26-15)22(25)24-21(16-6-3-2-4-7-16)18-8-5-11-23-14-18/h2-14,21H,1H3,(H,24,25)/t21-/m0/s1. The number of rotatable bonds is 4. The maximum Gasteiger partial charge on any atom is 0.252 e. The van der Waals surface area contributed by atoms with Crippen LogP contribution in [0.15, 0.2) is 83.5 Å². The number of aryl methyl sites for hydroxylation is 1. The van der Waals surface area contributed by atoms with Crippen molar-refractivity contribution in [2.75, 3.05) is 0 Å². The second-order valence-electron chi connectivity index (χ2n) is 6.21. The molecule has 0 saturated heterocycles. The zero-order chi connectivity index (χ0) is 17.9. The number of fused-ring (bicyclic) bond motifs is 1. The van der Waals surface area contributed by atoms with E-state index in [-0.39, 0.29) is 11.9 Å². The van der Waals surface area contributed by atoms with Gasteiger partial charge in [0, 0.05) is 23.3 Å². The Balaban J connectivity index is 1.67. The van der Waals surface area contributed by atoms with E-state index < -0.39 is 0 Å². The van der Waals surface area contributed by atoms with Crippen molar-refractivity contribution in [3.05, 3.63) is 102 Å².